The lowest BCUT2D eigenvalue weighted by atomic mass is 10.0. The van der Waals surface area contributed by atoms with Gasteiger partial charge >= 0.3 is 0 Å². The molecule has 0 radical (unpaired) electrons. The Hall–Kier alpha value is -8.14. The van der Waals surface area contributed by atoms with E-state index in [0.717, 1.165) is 50.8 Å². The van der Waals surface area contributed by atoms with Crippen LogP contribution in [-0.4, -0.2) is 4.57 Å². The molecular weight excluding hydrogens is 739 g/mol. The highest BCUT2D eigenvalue weighted by Crippen LogP contribution is 2.48. The zero-order valence-corrected chi connectivity index (χ0v) is 33.5. The van der Waals surface area contributed by atoms with Gasteiger partial charge in [0.15, 0.2) is 0 Å². The van der Waals surface area contributed by atoms with Gasteiger partial charge in [0.05, 0.1) is 22.4 Å². The van der Waals surface area contributed by atoms with Crippen molar-refractivity contribution in [1.82, 2.24) is 4.57 Å². The summed E-state index contributed by atoms with van der Waals surface area (Å²) < 4.78 is 2.44. The van der Waals surface area contributed by atoms with Crippen LogP contribution in [0.25, 0.3) is 60.5 Å². The Labute approximate surface area is 356 Å². The Balaban J connectivity index is 1.17. The number of hydrogen-bond donors (Lipinski definition) is 0. The van der Waals surface area contributed by atoms with Gasteiger partial charge in [0.1, 0.15) is 0 Å². The van der Waals surface area contributed by atoms with Crippen LogP contribution < -0.4 is 9.80 Å². The molecule has 0 aliphatic heterocycles. The third kappa shape index (κ3) is 6.69. The molecule has 0 atom stereocenters. The second-order valence-electron chi connectivity index (χ2n) is 15.4. The maximum absolute atomic E-state index is 2.44. The average Bonchev–Trinajstić information content (AvgIpc) is 3.67. The smallest absolute Gasteiger partial charge is 0.0583 e. The minimum atomic E-state index is 1.05. The molecule has 11 rings (SSSR count). The average molecular weight is 780 g/mol. The van der Waals surface area contributed by atoms with Crippen molar-refractivity contribution in [3.63, 3.8) is 0 Å². The van der Waals surface area contributed by atoms with E-state index in [4.69, 9.17) is 0 Å². The minimum absolute atomic E-state index is 1.05. The van der Waals surface area contributed by atoms with Crippen molar-refractivity contribution in [2.24, 2.45) is 0 Å². The molecule has 11 aromatic rings. The van der Waals surface area contributed by atoms with Gasteiger partial charge in [-0.2, -0.15) is 0 Å². The molecule has 288 valence electrons. The predicted molar refractivity (Wildman–Crippen MR) is 259 cm³/mol. The number of benzene rings is 10. The highest BCUT2D eigenvalue weighted by Gasteiger charge is 2.25. The van der Waals surface area contributed by atoms with Crippen LogP contribution >= 0.6 is 0 Å². The number of nitrogens with zero attached hydrogens (tertiary/aromatic N) is 3. The van der Waals surface area contributed by atoms with E-state index in [0.29, 0.717) is 0 Å². The molecule has 1 aromatic heterocycles. The van der Waals surface area contributed by atoms with Crippen LogP contribution in [0.4, 0.5) is 34.1 Å². The summed E-state index contributed by atoms with van der Waals surface area (Å²) in [6, 6.07) is 89.7. The molecule has 10 aromatic carbocycles. The van der Waals surface area contributed by atoms with E-state index in [1.807, 2.05) is 0 Å². The van der Waals surface area contributed by atoms with Gasteiger partial charge in [0.25, 0.3) is 0 Å². The standard InChI is InChI=1S/C58H41N3/c1-5-17-42(18-6-1)44-31-37-52(38-32-44)61-55-28-16-15-27-54(55)58-56(60(49-23-9-3-10-24-49)50-25-11-4-12-26-50)40-53(41-57(58)61)59(48-21-7-2-8-22-48)51-35-33-45(34-36-51)47-30-29-43-19-13-14-20-46(43)39-47/h1-41H. The van der Waals surface area contributed by atoms with E-state index >= 15 is 0 Å². The monoisotopic (exact) mass is 779 g/mol. The maximum Gasteiger partial charge on any atom is 0.0583 e. The van der Waals surface area contributed by atoms with E-state index in [1.165, 1.54) is 43.8 Å². The molecule has 0 bridgehead atoms. The third-order valence-electron chi connectivity index (χ3n) is 11.7. The van der Waals surface area contributed by atoms with Crippen molar-refractivity contribution in [2.45, 2.75) is 0 Å². The summed E-state index contributed by atoms with van der Waals surface area (Å²) in [5, 5.41) is 4.85. The molecular formula is C58H41N3. The Morgan fingerprint density at radius 2 is 0.754 bits per heavy atom. The van der Waals surface area contributed by atoms with Crippen molar-refractivity contribution in [2.75, 3.05) is 9.80 Å². The number of para-hydroxylation sites is 4. The van der Waals surface area contributed by atoms with Gasteiger partial charge in [-0.3, -0.25) is 0 Å². The summed E-state index contributed by atoms with van der Waals surface area (Å²) in [4.78, 5) is 4.80. The van der Waals surface area contributed by atoms with Crippen LogP contribution in [0.5, 0.6) is 0 Å². The Morgan fingerprint density at radius 3 is 1.41 bits per heavy atom. The summed E-state index contributed by atoms with van der Waals surface area (Å²) in [7, 11) is 0. The van der Waals surface area contributed by atoms with Crippen molar-refractivity contribution in [3.8, 4) is 27.9 Å². The Kier molecular flexibility index (Phi) is 9.18. The first-order valence-electron chi connectivity index (χ1n) is 20.8. The normalized spacial score (nSPS) is 11.3. The highest BCUT2D eigenvalue weighted by molar-refractivity contribution is 6.18. The number of aromatic nitrogens is 1. The first-order chi connectivity index (χ1) is 30.3. The Morgan fingerprint density at radius 1 is 0.279 bits per heavy atom. The molecule has 0 unspecified atom stereocenters. The number of rotatable bonds is 9. The molecule has 1 heterocycles. The second kappa shape index (κ2) is 15.6. The lowest BCUT2D eigenvalue weighted by molar-refractivity contribution is 1.17. The Bertz CT molecular complexity index is 3230. The number of anilines is 6. The van der Waals surface area contributed by atoms with Crippen LogP contribution in [0.3, 0.4) is 0 Å². The van der Waals surface area contributed by atoms with Crippen LogP contribution in [-0.2, 0) is 0 Å². The fourth-order valence-corrected chi connectivity index (χ4v) is 8.85. The molecule has 3 heteroatoms. The molecule has 0 aliphatic carbocycles. The number of fused-ring (bicyclic) bond motifs is 4. The third-order valence-corrected chi connectivity index (χ3v) is 11.7. The van der Waals surface area contributed by atoms with Gasteiger partial charge in [-0.05, 0) is 118 Å². The van der Waals surface area contributed by atoms with Gasteiger partial charge in [-0.25, -0.2) is 0 Å². The fourth-order valence-electron chi connectivity index (χ4n) is 8.85. The summed E-state index contributed by atoms with van der Waals surface area (Å²) in [6.07, 6.45) is 0. The molecule has 0 amide bonds. The predicted octanol–water partition coefficient (Wildman–Crippen LogP) is 16.2. The second-order valence-corrected chi connectivity index (χ2v) is 15.4. The highest BCUT2D eigenvalue weighted by atomic mass is 15.2. The van der Waals surface area contributed by atoms with E-state index < -0.39 is 0 Å². The van der Waals surface area contributed by atoms with E-state index in [-0.39, 0.29) is 0 Å². The van der Waals surface area contributed by atoms with Gasteiger partial charge < -0.3 is 14.4 Å². The minimum Gasteiger partial charge on any atom is -0.310 e. The molecule has 0 saturated heterocycles. The van der Waals surface area contributed by atoms with E-state index in [2.05, 4.69) is 263 Å². The van der Waals surface area contributed by atoms with Gasteiger partial charge in [-0.15, -0.1) is 0 Å². The molecule has 61 heavy (non-hydrogen) atoms. The summed E-state index contributed by atoms with van der Waals surface area (Å²) in [5.74, 6) is 0. The van der Waals surface area contributed by atoms with Crippen LogP contribution in [0, 0.1) is 0 Å². The molecule has 0 aliphatic rings. The topological polar surface area (TPSA) is 11.4 Å². The maximum atomic E-state index is 2.44. The van der Waals surface area contributed by atoms with E-state index in [1.54, 1.807) is 0 Å². The first-order valence-corrected chi connectivity index (χ1v) is 20.8. The van der Waals surface area contributed by atoms with Gasteiger partial charge in [0, 0.05) is 39.2 Å². The van der Waals surface area contributed by atoms with Gasteiger partial charge in [0.2, 0.25) is 0 Å². The molecule has 0 fully saturated rings. The molecule has 0 N–H and O–H groups in total. The molecule has 3 nitrogen and oxygen atoms in total. The largest absolute Gasteiger partial charge is 0.310 e. The molecule has 0 spiro atoms. The van der Waals surface area contributed by atoms with Crippen molar-refractivity contribution >= 4 is 66.7 Å². The van der Waals surface area contributed by atoms with Crippen LogP contribution in [0.2, 0.25) is 0 Å². The molecule has 0 saturated carbocycles. The summed E-state index contributed by atoms with van der Waals surface area (Å²) in [6.45, 7) is 0. The zero-order valence-electron chi connectivity index (χ0n) is 33.5. The van der Waals surface area contributed by atoms with Crippen LogP contribution in [0.15, 0.2) is 249 Å². The SMILES string of the molecule is c1ccc(-c2ccc(-n3c4ccccc4c4c(N(c5ccccc5)c5ccccc5)cc(N(c5ccccc5)c5ccc(-c6ccc7ccccc7c6)cc5)cc43)cc2)cc1. The first kappa shape index (κ1) is 36.0. The quantitative estimate of drug-likeness (QED) is 0.145. The zero-order chi connectivity index (χ0) is 40.5. The summed E-state index contributed by atoms with van der Waals surface area (Å²) >= 11 is 0. The van der Waals surface area contributed by atoms with E-state index in [9.17, 15) is 0 Å². The van der Waals surface area contributed by atoms with Crippen molar-refractivity contribution < 1.29 is 0 Å². The lowest BCUT2D eigenvalue weighted by Gasteiger charge is -2.30. The van der Waals surface area contributed by atoms with Crippen molar-refractivity contribution in [3.05, 3.63) is 249 Å². The fraction of sp³-hybridized carbons (Fsp3) is 0. The summed E-state index contributed by atoms with van der Waals surface area (Å²) in [5.41, 5.74) is 14.6. The van der Waals surface area contributed by atoms with Gasteiger partial charge in [-0.1, -0.05) is 164 Å². The lowest BCUT2D eigenvalue weighted by Crippen LogP contribution is -2.14. The van der Waals surface area contributed by atoms with Crippen molar-refractivity contribution in [1.29, 1.82) is 0 Å². The van der Waals surface area contributed by atoms with Crippen LogP contribution in [0.1, 0.15) is 0 Å². The number of hydrogen-bond acceptors (Lipinski definition) is 2.